The Morgan fingerprint density at radius 3 is 2.83 bits per heavy atom. The molecule has 1 unspecified atom stereocenters. The molecule has 23 heavy (non-hydrogen) atoms. The topological polar surface area (TPSA) is 50.5 Å². The highest BCUT2D eigenvalue weighted by Crippen LogP contribution is 2.33. The number of rotatable bonds is 5. The Hall–Kier alpha value is -1.85. The van der Waals surface area contributed by atoms with E-state index in [4.69, 9.17) is 4.74 Å². The summed E-state index contributed by atoms with van der Waals surface area (Å²) >= 11 is 0. The molecule has 0 radical (unpaired) electrons. The van der Waals surface area contributed by atoms with Crippen molar-refractivity contribution in [2.75, 3.05) is 20.3 Å². The van der Waals surface area contributed by atoms with E-state index in [1.807, 2.05) is 13.1 Å². The molecule has 1 aliphatic heterocycles. The van der Waals surface area contributed by atoms with E-state index in [-0.39, 0.29) is 12.6 Å². The molecule has 124 valence electrons. The molecule has 0 saturated carbocycles. The maximum atomic E-state index is 9.95. The Kier molecular flexibility index (Phi) is 4.68. The zero-order chi connectivity index (χ0) is 16.4. The van der Waals surface area contributed by atoms with Crippen molar-refractivity contribution < 1.29 is 9.84 Å². The molecule has 1 N–H and O–H groups in total. The van der Waals surface area contributed by atoms with Gasteiger partial charge in [-0.2, -0.15) is 5.10 Å². The van der Waals surface area contributed by atoms with E-state index in [0.29, 0.717) is 0 Å². The summed E-state index contributed by atoms with van der Waals surface area (Å²) in [6.07, 6.45) is 1.89. The molecule has 2 heterocycles. The Morgan fingerprint density at radius 2 is 2.13 bits per heavy atom. The minimum Gasteiger partial charge on any atom is -0.481 e. The average molecular weight is 315 g/mol. The van der Waals surface area contributed by atoms with Crippen molar-refractivity contribution in [3.8, 4) is 5.88 Å². The lowest BCUT2D eigenvalue weighted by atomic mass is 9.92. The second kappa shape index (κ2) is 6.72. The van der Waals surface area contributed by atoms with Crippen LogP contribution < -0.4 is 4.74 Å². The standard InChI is InChI=1S/C18H25N3O2/c1-4-16-15(18(23-3)20(2)19-16)11-21-10-9-13-7-5-6-8-14(13)17(21)12-22/h5-8,17,22H,4,9-12H2,1-3H3. The van der Waals surface area contributed by atoms with E-state index in [1.54, 1.807) is 11.8 Å². The van der Waals surface area contributed by atoms with Crippen LogP contribution in [-0.4, -0.2) is 40.0 Å². The second-order valence-corrected chi connectivity index (χ2v) is 6.03. The van der Waals surface area contributed by atoms with Crippen molar-refractivity contribution in [3.05, 3.63) is 46.6 Å². The Balaban J connectivity index is 1.92. The molecule has 3 rings (SSSR count). The number of aliphatic hydroxyl groups excluding tert-OH is 1. The van der Waals surface area contributed by atoms with Gasteiger partial charge < -0.3 is 9.84 Å². The number of methoxy groups -OCH3 is 1. The van der Waals surface area contributed by atoms with Gasteiger partial charge in [0.15, 0.2) is 0 Å². The number of aliphatic hydroxyl groups is 1. The van der Waals surface area contributed by atoms with Crippen LogP contribution in [0.3, 0.4) is 0 Å². The molecular weight excluding hydrogens is 290 g/mol. The fourth-order valence-corrected chi connectivity index (χ4v) is 3.61. The normalized spacial score (nSPS) is 18.0. The van der Waals surface area contributed by atoms with Crippen molar-refractivity contribution in [2.24, 2.45) is 7.05 Å². The number of hydrogen-bond acceptors (Lipinski definition) is 4. The van der Waals surface area contributed by atoms with E-state index < -0.39 is 0 Å². The van der Waals surface area contributed by atoms with Crippen LogP contribution in [0.4, 0.5) is 0 Å². The van der Waals surface area contributed by atoms with Crippen molar-refractivity contribution in [1.29, 1.82) is 0 Å². The molecule has 0 fully saturated rings. The first-order valence-corrected chi connectivity index (χ1v) is 8.21. The van der Waals surface area contributed by atoms with Gasteiger partial charge in [-0.25, -0.2) is 4.68 Å². The summed E-state index contributed by atoms with van der Waals surface area (Å²) in [7, 11) is 3.60. The van der Waals surface area contributed by atoms with Gasteiger partial charge in [0.05, 0.1) is 31.0 Å². The zero-order valence-electron chi connectivity index (χ0n) is 14.1. The molecule has 5 nitrogen and oxygen atoms in total. The summed E-state index contributed by atoms with van der Waals surface area (Å²) in [5.74, 6) is 0.817. The predicted octanol–water partition coefficient (Wildman–Crippen LogP) is 2.08. The van der Waals surface area contributed by atoms with Crippen LogP contribution in [0.5, 0.6) is 5.88 Å². The van der Waals surface area contributed by atoms with Crippen LogP contribution in [0.1, 0.15) is 35.3 Å². The first-order chi connectivity index (χ1) is 11.2. The zero-order valence-corrected chi connectivity index (χ0v) is 14.1. The maximum absolute atomic E-state index is 9.95. The summed E-state index contributed by atoms with van der Waals surface area (Å²) in [4.78, 5) is 2.33. The summed E-state index contributed by atoms with van der Waals surface area (Å²) < 4.78 is 7.36. The highest BCUT2D eigenvalue weighted by atomic mass is 16.5. The number of hydrogen-bond donors (Lipinski definition) is 1. The van der Waals surface area contributed by atoms with Crippen molar-refractivity contribution >= 4 is 0 Å². The fraction of sp³-hybridized carbons (Fsp3) is 0.500. The van der Waals surface area contributed by atoms with E-state index in [0.717, 1.165) is 43.1 Å². The Morgan fingerprint density at radius 1 is 1.35 bits per heavy atom. The van der Waals surface area contributed by atoms with Gasteiger partial charge in [0.2, 0.25) is 5.88 Å². The van der Waals surface area contributed by atoms with Gasteiger partial charge in [-0.3, -0.25) is 4.90 Å². The van der Waals surface area contributed by atoms with Crippen molar-refractivity contribution in [2.45, 2.75) is 32.4 Å². The van der Waals surface area contributed by atoms with Crippen molar-refractivity contribution in [1.82, 2.24) is 14.7 Å². The lowest BCUT2D eigenvalue weighted by Gasteiger charge is -2.36. The van der Waals surface area contributed by atoms with Crippen LogP contribution in [0.25, 0.3) is 0 Å². The van der Waals surface area contributed by atoms with Crippen LogP contribution in [0.2, 0.25) is 0 Å². The highest BCUT2D eigenvalue weighted by molar-refractivity contribution is 5.35. The molecule has 0 amide bonds. The van der Waals surface area contributed by atoms with E-state index in [9.17, 15) is 5.11 Å². The molecule has 1 atom stereocenters. The first-order valence-electron chi connectivity index (χ1n) is 8.21. The van der Waals surface area contributed by atoms with Gasteiger partial charge in [-0.15, -0.1) is 0 Å². The first kappa shape index (κ1) is 16.0. The molecule has 2 aromatic rings. The average Bonchev–Trinajstić information content (AvgIpc) is 2.89. The van der Waals surface area contributed by atoms with Gasteiger partial charge in [-0.05, 0) is 24.0 Å². The third-order valence-electron chi connectivity index (χ3n) is 4.76. The number of benzene rings is 1. The van der Waals surface area contributed by atoms with Crippen LogP contribution >= 0.6 is 0 Å². The molecule has 5 heteroatoms. The summed E-state index contributed by atoms with van der Waals surface area (Å²) in [5.41, 5.74) is 4.79. The van der Waals surface area contributed by atoms with E-state index in [1.165, 1.54) is 11.1 Å². The number of aromatic nitrogens is 2. The Labute approximate surface area is 137 Å². The molecule has 1 aromatic heterocycles. The van der Waals surface area contributed by atoms with Gasteiger partial charge in [-0.1, -0.05) is 31.2 Å². The number of aryl methyl sites for hydroxylation is 2. The maximum Gasteiger partial charge on any atom is 0.216 e. The molecule has 0 spiro atoms. The monoisotopic (exact) mass is 315 g/mol. The van der Waals surface area contributed by atoms with Gasteiger partial charge >= 0.3 is 0 Å². The quantitative estimate of drug-likeness (QED) is 0.918. The minimum absolute atomic E-state index is 0.0366. The number of ether oxygens (including phenoxy) is 1. The molecule has 0 saturated heterocycles. The third kappa shape index (κ3) is 2.86. The van der Waals surface area contributed by atoms with Crippen LogP contribution in [0, 0.1) is 0 Å². The minimum atomic E-state index is 0.0366. The van der Waals surface area contributed by atoms with Gasteiger partial charge in [0.25, 0.3) is 0 Å². The third-order valence-corrected chi connectivity index (χ3v) is 4.76. The smallest absolute Gasteiger partial charge is 0.216 e. The number of fused-ring (bicyclic) bond motifs is 1. The molecular formula is C18H25N3O2. The highest BCUT2D eigenvalue weighted by Gasteiger charge is 2.29. The molecule has 0 aliphatic carbocycles. The molecule has 1 aromatic carbocycles. The largest absolute Gasteiger partial charge is 0.481 e. The Bertz CT molecular complexity index is 681. The summed E-state index contributed by atoms with van der Waals surface area (Å²) in [6, 6.07) is 8.45. The van der Waals surface area contributed by atoms with E-state index in [2.05, 4.69) is 35.1 Å². The lowest BCUT2D eigenvalue weighted by Crippen LogP contribution is -2.37. The van der Waals surface area contributed by atoms with Crippen molar-refractivity contribution in [3.63, 3.8) is 0 Å². The number of nitrogens with zero attached hydrogens (tertiary/aromatic N) is 3. The molecule has 1 aliphatic rings. The lowest BCUT2D eigenvalue weighted by molar-refractivity contribution is 0.107. The van der Waals surface area contributed by atoms with E-state index >= 15 is 0 Å². The summed E-state index contributed by atoms with van der Waals surface area (Å²) in [6.45, 7) is 3.92. The van der Waals surface area contributed by atoms with Crippen LogP contribution in [-0.2, 0) is 26.4 Å². The fourth-order valence-electron chi connectivity index (χ4n) is 3.61. The van der Waals surface area contributed by atoms with Crippen LogP contribution in [0.15, 0.2) is 24.3 Å². The SMILES string of the molecule is CCc1nn(C)c(OC)c1CN1CCc2ccccc2C1CO. The predicted molar refractivity (Wildman–Crippen MR) is 89.5 cm³/mol. The molecule has 0 bridgehead atoms. The summed E-state index contributed by atoms with van der Waals surface area (Å²) in [5, 5.41) is 14.5. The second-order valence-electron chi connectivity index (χ2n) is 6.03. The van der Waals surface area contributed by atoms with Gasteiger partial charge in [0, 0.05) is 20.1 Å². The van der Waals surface area contributed by atoms with Gasteiger partial charge in [0.1, 0.15) is 0 Å².